The van der Waals surface area contributed by atoms with Crippen LogP contribution in [0.1, 0.15) is 13.3 Å². The highest BCUT2D eigenvalue weighted by molar-refractivity contribution is 7.22. The van der Waals surface area contributed by atoms with Crippen molar-refractivity contribution in [1.29, 1.82) is 0 Å². The van der Waals surface area contributed by atoms with Crippen LogP contribution in [0, 0.1) is 5.82 Å². The maximum absolute atomic E-state index is 13.5. The van der Waals surface area contributed by atoms with Crippen LogP contribution in [0.4, 0.5) is 9.52 Å². The molecule has 0 N–H and O–H groups in total. The smallest absolute Gasteiger partial charge is 0.266 e. The lowest BCUT2D eigenvalue weighted by atomic mass is 10.3. The normalized spacial score (nSPS) is 10.7. The quantitative estimate of drug-likeness (QED) is 0.435. The summed E-state index contributed by atoms with van der Waals surface area (Å²) in [6, 6.07) is 11.6. The third-order valence-corrected chi connectivity index (χ3v) is 5.40. The van der Waals surface area contributed by atoms with Gasteiger partial charge in [-0.25, -0.2) is 9.37 Å². The van der Waals surface area contributed by atoms with Gasteiger partial charge in [0.2, 0.25) is 0 Å². The molecule has 2 aromatic carbocycles. The molecular weight excluding hydrogens is 441 g/mol. The first kappa shape index (κ1) is 24.8. The van der Waals surface area contributed by atoms with Crippen molar-refractivity contribution in [2.45, 2.75) is 13.3 Å². The van der Waals surface area contributed by atoms with Crippen molar-refractivity contribution in [3.8, 4) is 11.5 Å². The minimum atomic E-state index is -0.318. The summed E-state index contributed by atoms with van der Waals surface area (Å²) >= 11 is 1.30. The highest BCUT2D eigenvalue weighted by Gasteiger charge is 2.20. The van der Waals surface area contributed by atoms with Gasteiger partial charge in [-0.3, -0.25) is 9.69 Å². The average molecular weight is 468 g/mol. The zero-order valence-corrected chi connectivity index (χ0v) is 19.5. The minimum absolute atomic E-state index is 0. The van der Waals surface area contributed by atoms with Gasteiger partial charge >= 0.3 is 0 Å². The van der Waals surface area contributed by atoms with E-state index in [-0.39, 0.29) is 30.7 Å². The van der Waals surface area contributed by atoms with E-state index in [0.717, 1.165) is 18.7 Å². The van der Waals surface area contributed by atoms with Gasteiger partial charge in [-0.15, -0.1) is 12.4 Å². The summed E-state index contributed by atoms with van der Waals surface area (Å²) in [5.41, 5.74) is 0.675. The molecular formula is C22H27ClFN3O3S. The lowest BCUT2D eigenvalue weighted by molar-refractivity contribution is -0.120. The number of carbonyl (C=O) groups is 1. The van der Waals surface area contributed by atoms with Gasteiger partial charge in [0.15, 0.2) is 11.7 Å². The van der Waals surface area contributed by atoms with Crippen LogP contribution >= 0.6 is 23.7 Å². The van der Waals surface area contributed by atoms with E-state index in [4.69, 9.17) is 9.47 Å². The Labute approximate surface area is 192 Å². The van der Waals surface area contributed by atoms with Crippen molar-refractivity contribution >= 4 is 45.0 Å². The largest absolute Gasteiger partial charge is 0.494 e. The standard InChI is InChI=1S/C22H26FN3O3S.ClH/c1-4-28-17-7-9-18(10-8-17)29-15-21(27)26(13-5-12-25(2)3)22-24-19-11-6-16(23)14-20(19)30-22;/h6-11,14H,4-5,12-13,15H2,1-3H3;1H. The van der Waals surface area contributed by atoms with Crippen LogP contribution in [-0.2, 0) is 4.79 Å². The number of halogens is 2. The van der Waals surface area contributed by atoms with E-state index in [9.17, 15) is 9.18 Å². The molecule has 9 heteroatoms. The van der Waals surface area contributed by atoms with Crippen LogP contribution in [0.3, 0.4) is 0 Å². The number of fused-ring (bicyclic) bond motifs is 1. The average Bonchev–Trinajstić information content (AvgIpc) is 3.13. The van der Waals surface area contributed by atoms with Crippen molar-refractivity contribution in [1.82, 2.24) is 9.88 Å². The summed E-state index contributed by atoms with van der Waals surface area (Å²) in [6.07, 6.45) is 0.784. The van der Waals surface area contributed by atoms with Crippen molar-refractivity contribution in [3.05, 3.63) is 48.3 Å². The predicted octanol–water partition coefficient (Wildman–Crippen LogP) is 4.62. The zero-order valence-electron chi connectivity index (χ0n) is 17.8. The van der Waals surface area contributed by atoms with E-state index in [2.05, 4.69) is 9.88 Å². The second-order valence-corrected chi connectivity index (χ2v) is 8.01. The fourth-order valence-electron chi connectivity index (χ4n) is 2.90. The van der Waals surface area contributed by atoms with Crippen LogP contribution in [0.15, 0.2) is 42.5 Å². The van der Waals surface area contributed by atoms with Gasteiger partial charge in [0.1, 0.15) is 17.3 Å². The lowest BCUT2D eigenvalue weighted by Gasteiger charge is -2.21. The molecule has 1 amide bonds. The fourth-order valence-corrected chi connectivity index (χ4v) is 3.93. The van der Waals surface area contributed by atoms with Crippen molar-refractivity contribution in [3.63, 3.8) is 0 Å². The maximum atomic E-state index is 13.5. The first-order chi connectivity index (χ1) is 14.5. The Balaban J connectivity index is 0.00000341. The number of aromatic nitrogens is 1. The van der Waals surface area contributed by atoms with Crippen LogP contribution < -0.4 is 14.4 Å². The third-order valence-electron chi connectivity index (χ3n) is 4.36. The molecule has 31 heavy (non-hydrogen) atoms. The Morgan fingerprint density at radius 1 is 1.06 bits per heavy atom. The van der Waals surface area contributed by atoms with Crippen LogP contribution in [0.2, 0.25) is 0 Å². The minimum Gasteiger partial charge on any atom is -0.494 e. The molecule has 0 spiro atoms. The first-order valence-electron chi connectivity index (χ1n) is 9.83. The number of thiazole rings is 1. The molecule has 0 saturated carbocycles. The summed E-state index contributed by atoms with van der Waals surface area (Å²) < 4.78 is 25.4. The summed E-state index contributed by atoms with van der Waals surface area (Å²) in [4.78, 5) is 21.2. The van der Waals surface area contributed by atoms with Gasteiger partial charge < -0.3 is 14.4 Å². The first-order valence-corrected chi connectivity index (χ1v) is 10.6. The maximum Gasteiger partial charge on any atom is 0.266 e. The Hall–Kier alpha value is -2.42. The Kier molecular flexibility index (Phi) is 9.48. The number of hydrogen-bond donors (Lipinski definition) is 0. The molecule has 0 saturated heterocycles. The summed E-state index contributed by atoms with van der Waals surface area (Å²) in [5.74, 6) is 0.832. The van der Waals surface area contributed by atoms with E-state index < -0.39 is 0 Å². The second-order valence-electron chi connectivity index (χ2n) is 7.00. The monoisotopic (exact) mass is 467 g/mol. The highest BCUT2D eigenvalue weighted by Crippen LogP contribution is 2.29. The number of nitrogens with zero attached hydrogens (tertiary/aromatic N) is 3. The molecule has 1 aromatic heterocycles. The number of rotatable bonds is 10. The number of amides is 1. The van der Waals surface area contributed by atoms with Crippen LogP contribution in [-0.4, -0.2) is 56.2 Å². The topological polar surface area (TPSA) is 54.9 Å². The molecule has 0 aliphatic carbocycles. The van der Waals surface area contributed by atoms with Gasteiger partial charge in [0.25, 0.3) is 5.91 Å². The van der Waals surface area contributed by atoms with E-state index in [1.54, 1.807) is 35.2 Å². The van der Waals surface area contributed by atoms with Gasteiger partial charge in [0.05, 0.1) is 16.8 Å². The number of benzene rings is 2. The molecule has 0 radical (unpaired) electrons. The molecule has 0 unspecified atom stereocenters. The Morgan fingerprint density at radius 3 is 2.39 bits per heavy atom. The Bertz CT molecular complexity index is 982. The second kappa shape index (κ2) is 11.8. The molecule has 0 aliphatic rings. The lowest BCUT2D eigenvalue weighted by Crippen LogP contribution is -2.36. The van der Waals surface area contributed by atoms with E-state index in [1.165, 1.54) is 23.5 Å². The number of hydrogen-bond acceptors (Lipinski definition) is 6. The van der Waals surface area contributed by atoms with E-state index in [1.807, 2.05) is 21.0 Å². The third kappa shape index (κ3) is 7.05. The van der Waals surface area contributed by atoms with Crippen molar-refractivity contribution < 1.29 is 18.7 Å². The van der Waals surface area contributed by atoms with E-state index in [0.29, 0.717) is 34.2 Å². The molecule has 3 aromatic rings. The van der Waals surface area contributed by atoms with Crippen LogP contribution in [0.25, 0.3) is 10.2 Å². The summed E-state index contributed by atoms with van der Waals surface area (Å²) in [5, 5.41) is 0.551. The van der Waals surface area contributed by atoms with E-state index >= 15 is 0 Å². The summed E-state index contributed by atoms with van der Waals surface area (Å²) in [7, 11) is 3.98. The highest BCUT2D eigenvalue weighted by atomic mass is 35.5. The summed E-state index contributed by atoms with van der Waals surface area (Å²) in [6.45, 7) is 3.74. The Morgan fingerprint density at radius 2 is 1.74 bits per heavy atom. The molecule has 168 valence electrons. The van der Waals surface area contributed by atoms with Gasteiger partial charge in [0, 0.05) is 6.54 Å². The van der Waals surface area contributed by atoms with Crippen molar-refractivity contribution in [2.24, 2.45) is 0 Å². The van der Waals surface area contributed by atoms with Crippen LogP contribution in [0.5, 0.6) is 11.5 Å². The van der Waals surface area contributed by atoms with Gasteiger partial charge in [-0.05, 0) is 76.4 Å². The molecule has 0 aliphatic heterocycles. The SMILES string of the molecule is CCOc1ccc(OCC(=O)N(CCCN(C)C)c2nc3ccc(F)cc3s2)cc1.Cl. The molecule has 0 bridgehead atoms. The predicted molar refractivity (Wildman–Crippen MR) is 125 cm³/mol. The fraction of sp³-hybridized carbons (Fsp3) is 0.364. The zero-order chi connectivity index (χ0) is 21.5. The molecule has 0 fully saturated rings. The van der Waals surface area contributed by atoms with Gasteiger partial charge in [-0.2, -0.15) is 0 Å². The number of anilines is 1. The van der Waals surface area contributed by atoms with Crippen molar-refractivity contribution in [2.75, 3.05) is 45.3 Å². The number of carbonyl (C=O) groups excluding carboxylic acids is 1. The molecule has 3 rings (SSSR count). The molecule has 0 atom stereocenters. The number of ether oxygens (including phenoxy) is 2. The molecule has 1 heterocycles. The molecule has 6 nitrogen and oxygen atoms in total. The van der Waals surface area contributed by atoms with Gasteiger partial charge in [-0.1, -0.05) is 11.3 Å².